The van der Waals surface area contributed by atoms with Crippen molar-refractivity contribution in [3.63, 3.8) is 0 Å². The molecule has 0 bridgehead atoms. The fourth-order valence-electron chi connectivity index (χ4n) is 2.67. The fourth-order valence-corrected chi connectivity index (χ4v) is 2.99. The molecule has 0 radical (unpaired) electrons. The Hall–Kier alpha value is 0.0400. The number of carbonyl (C=O) groups is 1. The van der Waals surface area contributed by atoms with Gasteiger partial charge in [0.1, 0.15) is 0 Å². The number of hydrogen-bond donors (Lipinski definition) is 2. The van der Waals surface area contributed by atoms with E-state index in [-0.39, 0.29) is 42.3 Å². The minimum absolute atomic E-state index is 0. The van der Waals surface area contributed by atoms with Crippen molar-refractivity contribution >= 4 is 16.4 Å². The summed E-state index contributed by atoms with van der Waals surface area (Å²) in [5.41, 5.74) is 0. The van der Waals surface area contributed by atoms with Crippen molar-refractivity contribution in [2.45, 2.75) is 116 Å². The van der Waals surface area contributed by atoms with E-state index in [0.29, 0.717) is 12.8 Å². The first-order valence-corrected chi connectivity index (χ1v) is 12.7. The number of allylic oxidation sites excluding steroid dienone is 1. The van der Waals surface area contributed by atoms with Crippen molar-refractivity contribution in [3.8, 4) is 0 Å². The second-order valence-electron chi connectivity index (χ2n) is 7.49. The van der Waals surface area contributed by atoms with E-state index >= 15 is 0 Å². The number of aliphatic hydroxyl groups is 1. The van der Waals surface area contributed by atoms with E-state index in [0.717, 1.165) is 57.8 Å². The van der Waals surface area contributed by atoms with Gasteiger partial charge in [-0.25, -0.2) is 8.42 Å². The largest absolute Gasteiger partial charge is 1.00 e. The Labute approximate surface area is 212 Å². The molecule has 0 heterocycles. The van der Waals surface area contributed by atoms with Crippen molar-refractivity contribution in [2.75, 3.05) is 6.61 Å². The summed E-state index contributed by atoms with van der Waals surface area (Å²) in [6.45, 7) is 4.08. The maximum Gasteiger partial charge on any atom is 1.00 e. The molecule has 0 aliphatic heterocycles. The number of hydrogen-bond acceptors (Lipinski definition) is 6. The molecule has 0 aromatic carbocycles. The second kappa shape index (κ2) is 26.3. The average Bonchev–Trinajstić information content (AvgIpc) is 2.66. The summed E-state index contributed by atoms with van der Waals surface area (Å²) in [7, 11) is -4.45. The van der Waals surface area contributed by atoms with Crippen molar-refractivity contribution in [2.24, 2.45) is 0 Å². The van der Waals surface area contributed by atoms with Gasteiger partial charge >= 0.3 is 35.5 Å². The molecule has 0 spiro atoms. The molecule has 0 aromatic heterocycles. The zero-order valence-electron chi connectivity index (χ0n) is 19.9. The third kappa shape index (κ3) is 37.7. The van der Waals surface area contributed by atoms with E-state index in [2.05, 4.69) is 23.3 Å². The van der Waals surface area contributed by atoms with Crippen LogP contribution in [0.4, 0.5) is 0 Å². The van der Waals surface area contributed by atoms with Crippen molar-refractivity contribution in [3.05, 3.63) is 12.2 Å². The summed E-state index contributed by atoms with van der Waals surface area (Å²) in [4.78, 5) is 10.3. The van der Waals surface area contributed by atoms with E-state index < -0.39 is 16.4 Å². The van der Waals surface area contributed by atoms with Gasteiger partial charge in [-0.05, 0) is 38.5 Å². The Morgan fingerprint density at radius 1 is 0.935 bits per heavy atom. The predicted molar refractivity (Wildman–Crippen MR) is 119 cm³/mol. The van der Waals surface area contributed by atoms with E-state index in [1.807, 2.05) is 6.92 Å². The Morgan fingerprint density at radius 2 is 1.52 bits per heavy atom. The van der Waals surface area contributed by atoms with Crippen LogP contribution in [0, 0.1) is 0 Å². The summed E-state index contributed by atoms with van der Waals surface area (Å²) in [6, 6.07) is 0. The summed E-state index contributed by atoms with van der Waals surface area (Å²) in [5.74, 6) is -0.689. The molecular formula is C22H43NaO7S. The molecule has 0 aromatic rings. The molecular weight excluding hydrogens is 431 g/mol. The van der Waals surface area contributed by atoms with E-state index in [4.69, 9.17) is 5.11 Å². The van der Waals surface area contributed by atoms with Crippen LogP contribution in [0.15, 0.2) is 12.2 Å². The van der Waals surface area contributed by atoms with Crippen LogP contribution in [0.1, 0.15) is 110 Å². The molecule has 0 aliphatic rings. The SMILES string of the molecule is CCCCCC[C@@H](O)C/C=C\CCCCCCCC(=O)O.CCCCOS(=O)(=O)[O-].[Na+]. The van der Waals surface area contributed by atoms with Crippen LogP contribution in [-0.4, -0.2) is 41.9 Å². The van der Waals surface area contributed by atoms with Gasteiger partial charge in [-0.2, -0.15) is 0 Å². The van der Waals surface area contributed by atoms with Gasteiger partial charge in [0.2, 0.25) is 10.4 Å². The number of carboxylic acids is 1. The molecule has 0 unspecified atom stereocenters. The topological polar surface area (TPSA) is 124 Å². The number of aliphatic hydroxyl groups excluding tert-OH is 1. The first-order chi connectivity index (χ1) is 14.2. The monoisotopic (exact) mass is 474 g/mol. The molecule has 1 atom stereocenters. The first-order valence-electron chi connectivity index (χ1n) is 11.4. The Bertz CT molecular complexity index is 510. The van der Waals surface area contributed by atoms with Gasteiger partial charge in [-0.15, -0.1) is 0 Å². The van der Waals surface area contributed by atoms with Gasteiger partial charge in [-0.3, -0.25) is 8.98 Å². The quantitative estimate of drug-likeness (QED) is 0.0968. The van der Waals surface area contributed by atoms with Crippen molar-refractivity contribution in [1.82, 2.24) is 0 Å². The molecule has 0 aliphatic carbocycles. The molecule has 0 saturated heterocycles. The van der Waals surface area contributed by atoms with Gasteiger partial charge in [0.15, 0.2) is 0 Å². The normalized spacial score (nSPS) is 12.1. The average molecular weight is 475 g/mol. The van der Waals surface area contributed by atoms with Gasteiger partial charge in [-0.1, -0.05) is 77.4 Å². The third-order valence-electron chi connectivity index (χ3n) is 4.45. The Kier molecular flexibility index (Phi) is 30.2. The number of rotatable bonds is 19. The van der Waals surface area contributed by atoms with Crippen LogP contribution >= 0.6 is 0 Å². The van der Waals surface area contributed by atoms with Crippen LogP contribution in [0.25, 0.3) is 0 Å². The zero-order valence-corrected chi connectivity index (χ0v) is 22.7. The molecule has 0 fully saturated rings. The molecule has 7 nitrogen and oxygen atoms in total. The predicted octanol–water partition coefficient (Wildman–Crippen LogP) is 2.35. The van der Waals surface area contributed by atoms with Gasteiger partial charge in [0, 0.05) is 6.42 Å². The number of unbranched alkanes of at least 4 members (excludes halogenated alkanes) is 9. The van der Waals surface area contributed by atoms with Crippen molar-refractivity contribution < 1.29 is 61.7 Å². The van der Waals surface area contributed by atoms with Crippen molar-refractivity contribution in [1.29, 1.82) is 0 Å². The maximum absolute atomic E-state index is 10.3. The van der Waals surface area contributed by atoms with E-state index in [1.165, 1.54) is 25.7 Å². The summed E-state index contributed by atoms with van der Waals surface area (Å²) >= 11 is 0. The summed E-state index contributed by atoms with van der Waals surface area (Å²) in [5, 5.41) is 18.3. The second-order valence-corrected chi connectivity index (χ2v) is 8.55. The molecule has 0 rings (SSSR count). The number of aliphatic carboxylic acids is 1. The minimum atomic E-state index is -4.45. The number of carboxylic acid groups (broad SMARTS) is 1. The Balaban J connectivity index is -0.000000662. The van der Waals surface area contributed by atoms with Crippen LogP contribution < -0.4 is 29.6 Å². The Morgan fingerprint density at radius 3 is 2.10 bits per heavy atom. The molecule has 180 valence electrons. The summed E-state index contributed by atoms with van der Waals surface area (Å²) in [6.07, 6.45) is 18.8. The van der Waals surface area contributed by atoms with Crippen LogP contribution in [0.5, 0.6) is 0 Å². The summed E-state index contributed by atoms with van der Waals surface area (Å²) < 4.78 is 33.1. The third-order valence-corrected chi connectivity index (χ3v) is 4.91. The molecule has 2 N–H and O–H groups in total. The standard InChI is InChI=1S/C18H34O3.C4H10O4S.Na/c1-2-3-4-11-14-17(19)15-12-9-7-5-6-8-10-13-16-18(20)21;1-2-3-4-8-9(5,6)7;/h9,12,17,19H,2-8,10-11,13-16H2,1H3,(H,20,21);2-4H2,1H3,(H,5,6,7);/q;;+1/p-1/b12-9-;;/t17-;;/m1../s1. The molecule has 0 saturated carbocycles. The maximum atomic E-state index is 10.3. The van der Waals surface area contributed by atoms with E-state index in [9.17, 15) is 22.9 Å². The molecule has 9 heteroatoms. The van der Waals surface area contributed by atoms with Gasteiger partial charge < -0.3 is 14.8 Å². The smallest absolute Gasteiger partial charge is 0.726 e. The first kappa shape index (κ1) is 35.6. The van der Waals surface area contributed by atoms with Gasteiger partial charge in [0.05, 0.1) is 12.7 Å². The minimum Gasteiger partial charge on any atom is -0.726 e. The fraction of sp³-hybridized carbons (Fsp3) is 0.864. The van der Waals surface area contributed by atoms with Crippen LogP contribution in [-0.2, 0) is 19.4 Å². The molecule has 0 amide bonds. The van der Waals surface area contributed by atoms with Crippen LogP contribution in [0.2, 0.25) is 0 Å². The molecule has 31 heavy (non-hydrogen) atoms. The van der Waals surface area contributed by atoms with Crippen LogP contribution in [0.3, 0.4) is 0 Å². The van der Waals surface area contributed by atoms with Gasteiger partial charge in [0.25, 0.3) is 0 Å². The van der Waals surface area contributed by atoms with E-state index in [1.54, 1.807) is 0 Å². The zero-order chi connectivity index (χ0) is 23.1.